The first kappa shape index (κ1) is 13.5. The van der Waals surface area contributed by atoms with Crippen LogP contribution in [0.15, 0.2) is 18.2 Å². The molecular weight excluding hydrogens is 244 g/mol. The van der Waals surface area contributed by atoms with Crippen molar-refractivity contribution in [1.29, 1.82) is 0 Å². The Morgan fingerprint density at radius 2 is 2.32 bits per heavy atom. The number of nitrogens with one attached hydrogen (secondary N) is 2. The number of amides is 2. The third kappa shape index (κ3) is 3.32. The minimum Gasteiger partial charge on any atom is -0.391 e. The number of hydrogen-bond acceptors (Lipinski definition) is 3. The first-order chi connectivity index (χ1) is 9.10. The number of aliphatic hydroxyl groups excluding tert-OH is 1. The first-order valence-corrected chi connectivity index (χ1v) is 6.49. The Kier molecular flexibility index (Phi) is 4.16. The number of benzene rings is 1. The van der Waals surface area contributed by atoms with E-state index in [9.17, 15) is 14.7 Å². The molecule has 1 unspecified atom stereocenters. The highest BCUT2D eigenvalue weighted by Gasteiger charge is 2.19. The van der Waals surface area contributed by atoms with Gasteiger partial charge in [0.1, 0.15) is 0 Å². The maximum Gasteiger partial charge on any atom is 0.251 e. The van der Waals surface area contributed by atoms with Gasteiger partial charge in [-0.2, -0.15) is 0 Å². The summed E-state index contributed by atoms with van der Waals surface area (Å²) in [5, 5.41) is 15.0. The molecule has 1 aromatic rings. The van der Waals surface area contributed by atoms with Crippen LogP contribution < -0.4 is 10.6 Å². The third-order valence-corrected chi connectivity index (χ3v) is 3.11. The Hall–Kier alpha value is -1.88. The Labute approximate surface area is 112 Å². The molecule has 1 aliphatic rings. The molecule has 0 aliphatic carbocycles. The fourth-order valence-electron chi connectivity index (χ4n) is 2.12. The largest absolute Gasteiger partial charge is 0.391 e. The van der Waals surface area contributed by atoms with Crippen molar-refractivity contribution < 1.29 is 14.7 Å². The van der Waals surface area contributed by atoms with Crippen LogP contribution in [0.25, 0.3) is 0 Å². The summed E-state index contributed by atoms with van der Waals surface area (Å²) in [5.74, 6) is -0.275. The van der Waals surface area contributed by atoms with Gasteiger partial charge in [-0.25, -0.2) is 0 Å². The molecule has 2 rings (SSSR count). The van der Waals surface area contributed by atoms with Crippen LogP contribution in [-0.2, 0) is 11.2 Å². The minimum atomic E-state index is -0.508. The Morgan fingerprint density at radius 3 is 3.05 bits per heavy atom. The van der Waals surface area contributed by atoms with Crippen LogP contribution in [0.3, 0.4) is 0 Å². The molecule has 0 bridgehead atoms. The quantitative estimate of drug-likeness (QED) is 0.742. The average molecular weight is 262 g/mol. The summed E-state index contributed by atoms with van der Waals surface area (Å²) in [4.78, 5) is 23.1. The molecule has 0 saturated carbocycles. The van der Waals surface area contributed by atoms with Crippen LogP contribution >= 0.6 is 0 Å². The zero-order valence-electron chi connectivity index (χ0n) is 10.9. The zero-order chi connectivity index (χ0) is 13.8. The second-order valence-electron chi connectivity index (χ2n) is 4.75. The monoisotopic (exact) mass is 262 g/mol. The van der Waals surface area contributed by atoms with Crippen molar-refractivity contribution >= 4 is 17.5 Å². The van der Waals surface area contributed by atoms with Crippen LogP contribution in [0.4, 0.5) is 5.69 Å². The van der Waals surface area contributed by atoms with Crippen molar-refractivity contribution in [3.8, 4) is 0 Å². The van der Waals surface area contributed by atoms with Gasteiger partial charge in [0.25, 0.3) is 5.91 Å². The normalized spacial score (nSPS) is 14.7. The van der Waals surface area contributed by atoms with E-state index in [-0.39, 0.29) is 18.4 Å². The van der Waals surface area contributed by atoms with E-state index in [2.05, 4.69) is 10.6 Å². The predicted octanol–water partition coefficient (Wildman–Crippen LogP) is 1.07. The molecule has 0 aromatic heterocycles. The molecule has 5 heteroatoms. The summed E-state index contributed by atoms with van der Waals surface area (Å²) in [5.41, 5.74) is 2.12. The SMILES string of the molecule is CCCC(O)CNC(=O)c1ccc2c(c1)CC(=O)N2. The summed E-state index contributed by atoms with van der Waals surface area (Å²) < 4.78 is 0. The predicted molar refractivity (Wildman–Crippen MR) is 72.0 cm³/mol. The molecular formula is C14H18N2O3. The fourth-order valence-corrected chi connectivity index (χ4v) is 2.12. The van der Waals surface area contributed by atoms with Gasteiger partial charge in [0.05, 0.1) is 12.5 Å². The van der Waals surface area contributed by atoms with Crippen molar-refractivity contribution in [2.75, 3.05) is 11.9 Å². The summed E-state index contributed by atoms with van der Waals surface area (Å²) in [6, 6.07) is 5.12. The van der Waals surface area contributed by atoms with Gasteiger partial charge in [-0.3, -0.25) is 9.59 Å². The third-order valence-electron chi connectivity index (χ3n) is 3.11. The van der Waals surface area contributed by atoms with E-state index in [0.717, 1.165) is 17.7 Å². The van der Waals surface area contributed by atoms with Gasteiger partial charge in [-0.15, -0.1) is 0 Å². The van der Waals surface area contributed by atoms with Crippen molar-refractivity contribution in [1.82, 2.24) is 5.32 Å². The molecule has 19 heavy (non-hydrogen) atoms. The van der Waals surface area contributed by atoms with Gasteiger partial charge in [-0.05, 0) is 30.2 Å². The first-order valence-electron chi connectivity index (χ1n) is 6.49. The van der Waals surface area contributed by atoms with E-state index in [4.69, 9.17) is 0 Å². The second kappa shape index (κ2) is 5.84. The van der Waals surface area contributed by atoms with Gasteiger partial charge in [0.15, 0.2) is 0 Å². The number of aliphatic hydroxyl groups is 1. The summed E-state index contributed by atoms with van der Waals surface area (Å²) in [6.07, 6.45) is 1.35. The maximum atomic E-state index is 11.9. The van der Waals surface area contributed by atoms with Crippen molar-refractivity contribution in [2.24, 2.45) is 0 Å². The lowest BCUT2D eigenvalue weighted by Gasteiger charge is -2.11. The van der Waals surface area contributed by atoms with E-state index in [1.165, 1.54) is 0 Å². The van der Waals surface area contributed by atoms with Crippen molar-refractivity contribution in [2.45, 2.75) is 32.3 Å². The molecule has 0 spiro atoms. The van der Waals surface area contributed by atoms with Crippen LogP contribution in [0.1, 0.15) is 35.7 Å². The van der Waals surface area contributed by atoms with E-state index in [1.807, 2.05) is 6.92 Å². The highest BCUT2D eigenvalue weighted by molar-refractivity contribution is 6.01. The summed E-state index contributed by atoms with van der Waals surface area (Å²) >= 11 is 0. The lowest BCUT2D eigenvalue weighted by Crippen LogP contribution is -2.32. The Bertz CT molecular complexity index is 499. The molecule has 0 saturated heterocycles. The standard InChI is InChI=1S/C14H18N2O3/c1-2-3-11(17)8-15-14(19)9-4-5-12-10(6-9)7-13(18)16-12/h4-6,11,17H,2-3,7-8H2,1H3,(H,15,19)(H,16,18). The topological polar surface area (TPSA) is 78.4 Å². The number of carbonyl (C=O) groups excluding carboxylic acids is 2. The average Bonchev–Trinajstić information content (AvgIpc) is 2.75. The van der Waals surface area contributed by atoms with E-state index in [1.54, 1.807) is 18.2 Å². The number of carbonyl (C=O) groups is 2. The highest BCUT2D eigenvalue weighted by atomic mass is 16.3. The van der Waals surface area contributed by atoms with E-state index < -0.39 is 6.10 Å². The molecule has 1 aromatic carbocycles. The Balaban J connectivity index is 1.97. The Morgan fingerprint density at radius 1 is 1.53 bits per heavy atom. The number of hydrogen-bond donors (Lipinski definition) is 3. The van der Waals surface area contributed by atoms with Gasteiger partial charge < -0.3 is 15.7 Å². The number of anilines is 1. The molecule has 0 radical (unpaired) electrons. The van der Waals surface area contributed by atoms with Gasteiger partial charge in [0, 0.05) is 17.8 Å². The van der Waals surface area contributed by atoms with Crippen LogP contribution in [0, 0.1) is 0 Å². The van der Waals surface area contributed by atoms with Gasteiger partial charge in [0.2, 0.25) is 5.91 Å². The lowest BCUT2D eigenvalue weighted by molar-refractivity contribution is -0.115. The number of fused-ring (bicyclic) bond motifs is 1. The second-order valence-corrected chi connectivity index (χ2v) is 4.75. The van der Waals surface area contributed by atoms with Crippen LogP contribution in [0.2, 0.25) is 0 Å². The minimum absolute atomic E-state index is 0.0501. The zero-order valence-corrected chi connectivity index (χ0v) is 10.9. The number of rotatable bonds is 5. The van der Waals surface area contributed by atoms with Gasteiger partial charge in [-0.1, -0.05) is 13.3 Å². The molecule has 1 atom stereocenters. The maximum absolute atomic E-state index is 11.9. The van der Waals surface area contributed by atoms with E-state index in [0.29, 0.717) is 18.4 Å². The van der Waals surface area contributed by atoms with Crippen molar-refractivity contribution in [3.63, 3.8) is 0 Å². The summed E-state index contributed by atoms with van der Waals surface area (Å²) in [7, 11) is 0. The highest BCUT2D eigenvalue weighted by Crippen LogP contribution is 2.23. The molecule has 2 amide bonds. The molecule has 102 valence electrons. The van der Waals surface area contributed by atoms with Crippen molar-refractivity contribution in [3.05, 3.63) is 29.3 Å². The van der Waals surface area contributed by atoms with Crippen LogP contribution in [0.5, 0.6) is 0 Å². The van der Waals surface area contributed by atoms with Gasteiger partial charge >= 0.3 is 0 Å². The summed E-state index contributed by atoms with van der Waals surface area (Å²) in [6.45, 7) is 2.23. The molecule has 1 heterocycles. The molecule has 1 aliphatic heterocycles. The molecule has 0 fully saturated rings. The fraction of sp³-hybridized carbons (Fsp3) is 0.429. The molecule has 5 nitrogen and oxygen atoms in total. The van der Waals surface area contributed by atoms with E-state index >= 15 is 0 Å². The van der Waals surface area contributed by atoms with Crippen LogP contribution in [-0.4, -0.2) is 29.6 Å². The molecule has 3 N–H and O–H groups in total. The lowest BCUT2D eigenvalue weighted by atomic mass is 10.1. The smallest absolute Gasteiger partial charge is 0.251 e.